The summed E-state index contributed by atoms with van der Waals surface area (Å²) in [5, 5.41) is 9.02. The molecule has 176 valence electrons. The van der Waals surface area contributed by atoms with E-state index in [1.54, 1.807) is 7.11 Å². The topological polar surface area (TPSA) is 65.8 Å². The maximum Gasteiger partial charge on any atom is 0.225 e. The van der Waals surface area contributed by atoms with Gasteiger partial charge in [-0.15, -0.1) is 0 Å². The van der Waals surface area contributed by atoms with E-state index in [9.17, 15) is 4.79 Å². The van der Waals surface area contributed by atoms with E-state index < -0.39 is 0 Å². The van der Waals surface area contributed by atoms with Crippen LogP contribution in [0.15, 0.2) is 48.5 Å². The van der Waals surface area contributed by atoms with Crippen molar-refractivity contribution in [3.05, 3.63) is 65.2 Å². The lowest BCUT2D eigenvalue weighted by molar-refractivity contribution is -0.137. The van der Waals surface area contributed by atoms with Crippen molar-refractivity contribution in [2.45, 2.75) is 39.4 Å². The molecule has 1 heterocycles. The maximum atomic E-state index is 12.7. The van der Waals surface area contributed by atoms with Gasteiger partial charge >= 0.3 is 0 Å². The molecule has 6 heteroatoms. The summed E-state index contributed by atoms with van der Waals surface area (Å²) in [5.41, 5.74) is 2.74. The number of piperazine rings is 1. The first-order valence-electron chi connectivity index (χ1n) is 11.8. The minimum atomic E-state index is -0.128. The van der Waals surface area contributed by atoms with Gasteiger partial charge in [0.25, 0.3) is 0 Å². The predicted molar refractivity (Wildman–Crippen MR) is 129 cm³/mol. The fourth-order valence-electron chi connectivity index (χ4n) is 4.25. The van der Waals surface area contributed by atoms with Crippen molar-refractivity contribution in [1.82, 2.24) is 9.80 Å². The van der Waals surface area contributed by atoms with Gasteiger partial charge in [0.15, 0.2) is 0 Å². The number of nitriles is 1. The fraction of sp³-hybridized carbons (Fsp3) is 0.481. The van der Waals surface area contributed by atoms with Gasteiger partial charge in [-0.25, -0.2) is 0 Å². The first-order chi connectivity index (χ1) is 16.1. The molecule has 0 saturated carbocycles. The van der Waals surface area contributed by atoms with Crippen LogP contribution >= 0.6 is 0 Å². The Labute approximate surface area is 197 Å². The molecule has 33 heavy (non-hydrogen) atoms. The van der Waals surface area contributed by atoms with Crippen LogP contribution < -0.4 is 4.74 Å². The zero-order valence-corrected chi connectivity index (χ0v) is 20.0. The van der Waals surface area contributed by atoms with Gasteiger partial charge in [0.05, 0.1) is 31.5 Å². The highest BCUT2D eigenvalue weighted by atomic mass is 16.5. The Hall–Kier alpha value is -2.88. The van der Waals surface area contributed by atoms with E-state index in [-0.39, 0.29) is 12.0 Å². The zero-order valence-electron chi connectivity index (χ0n) is 20.0. The number of nitrogens with zero attached hydrogens (tertiary/aromatic N) is 3. The van der Waals surface area contributed by atoms with Gasteiger partial charge in [-0.2, -0.15) is 5.26 Å². The Balaban J connectivity index is 1.65. The van der Waals surface area contributed by atoms with Crippen molar-refractivity contribution in [2.24, 2.45) is 5.92 Å². The average Bonchev–Trinajstić information content (AvgIpc) is 2.87. The Morgan fingerprint density at radius 1 is 1.06 bits per heavy atom. The summed E-state index contributed by atoms with van der Waals surface area (Å²) in [4.78, 5) is 17.1. The SMILES string of the molecule is CCC(CC)C(=O)N1CCN(C[C@@H](OCc2ccc(C#N)cc2)c2cccc(OC)c2)CC1. The van der Waals surface area contributed by atoms with Gasteiger partial charge in [-0.1, -0.05) is 38.1 Å². The fourth-order valence-corrected chi connectivity index (χ4v) is 4.25. The number of methoxy groups -OCH3 is 1. The highest BCUT2D eigenvalue weighted by molar-refractivity contribution is 5.78. The van der Waals surface area contributed by atoms with E-state index >= 15 is 0 Å². The molecule has 1 atom stereocenters. The van der Waals surface area contributed by atoms with Crippen LogP contribution in [0.2, 0.25) is 0 Å². The van der Waals surface area contributed by atoms with Crippen LogP contribution in [0.25, 0.3) is 0 Å². The number of amides is 1. The highest BCUT2D eigenvalue weighted by Crippen LogP contribution is 2.25. The van der Waals surface area contributed by atoms with Gasteiger partial charge in [0, 0.05) is 38.6 Å². The first kappa shape index (κ1) is 24.8. The van der Waals surface area contributed by atoms with Crippen molar-refractivity contribution in [3.63, 3.8) is 0 Å². The molecule has 3 rings (SSSR count). The number of hydrogen-bond acceptors (Lipinski definition) is 5. The third kappa shape index (κ3) is 6.80. The summed E-state index contributed by atoms with van der Waals surface area (Å²) in [6.45, 7) is 8.58. The Morgan fingerprint density at radius 2 is 1.76 bits per heavy atom. The zero-order chi connectivity index (χ0) is 23.6. The molecule has 1 aliphatic heterocycles. The van der Waals surface area contributed by atoms with E-state index in [1.165, 1.54) is 0 Å². The number of hydrogen-bond donors (Lipinski definition) is 0. The Kier molecular flexibility index (Phi) is 9.29. The van der Waals surface area contributed by atoms with Crippen molar-refractivity contribution >= 4 is 5.91 Å². The first-order valence-corrected chi connectivity index (χ1v) is 11.8. The van der Waals surface area contributed by atoms with Crippen LogP contribution in [0.1, 0.15) is 49.5 Å². The number of carbonyl (C=O) groups is 1. The van der Waals surface area contributed by atoms with Crippen LogP contribution in [0.5, 0.6) is 5.75 Å². The summed E-state index contributed by atoms with van der Waals surface area (Å²) in [7, 11) is 1.67. The van der Waals surface area contributed by atoms with E-state index in [0.717, 1.165) is 62.4 Å². The number of benzene rings is 2. The van der Waals surface area contributed by atoms with E-state index in [0.29, 0.717) is 18.1 Å². The third-order valence-electron chi connectivity index (χ3n) is 6.44. The molecule has 2 aromatic carbocycles. The van der Waals surface area contributed by atoms with Crippen molar-refractivity contribution in [2.75, 3.05) is 39.8 Å². The summed E-state index contributed by atoms with van der Waals surface area (Å²) in [6, 6.07) is 17.7. The van der Waals surface area contributed by atoms with Gasteiger partial charge in [-0.3, -0.25) is 9.69 Å². The molecule has 1 saturated heterocycles. The molecule has 1 aliphatic rings. The van der Waals surface area contributed by atoms with Crippen LogP contribution in [-0.2, 0) is 16.1 Å². The standard InChI is InChI=1S/C27H35N3O3/c1-4-23(5-2)27(31)30-15-13-29(14-16-30)19-26(24-7-6-8-25(17-24)32-3)33-20-22-11-9-21(18-28)10-12-22/h6-12,17,23,26H,4-5,13-16,19-20H2,1-3H3/t26-/m1/s1. The van der Waals surface area contributed by atoms with Crippen molar-refractivity contribution in [3.8, 4) is 11.8 Å². The number of carbonyl (C=O) groups excluding carboxylic acids is 1. The smallest absolute Gasteiger partial charge is 0.225 e. The average molecular weight is 450 g/mol. The summed E-state index contributed by atoms with van der Waals surface area (Å²) in [5.74, 6) is 1.23. The van der Waals surface area contributed by atoms with Gasteiger partial charge in [0.1, 0.15) is 5.75 Å². The van der Waals surface area contributed by atoms with Gasteiger partial charge in [0.2, 0.25) is 5.91 Å². The lowest BCUT2D eigenvalue weighted by atomic mass is 10.0. The Bertz CT molecular complexity index is 926. The van der Waals surface area contributed by atoms with E-state index in [2.05, 4.69) is 30.9 Å². The minimum absolute atomic E-state index is 0.128. The van der Waals surface area contributed by atoms with E-state index in [1.807, 2.05) is 47.4 Å². The van der Waals surface area contributed by atoms with Crippen LogP contribution in [0.4, 0.5) is 0 Å². The second-order valence-corrected chi connectivity index (χ2v) is 8.52. The lowest BCUT2D eigenvalue weighted by Gasteiger charge is -2.37. The van der Waals surface area contributed by atoms with Crippen LogP contribution in [0.3, 0.4) is 0 Å². The molecule has 0 radical (unpaired) electrons. The summed E-state index contributed by atoms with van der Waals surface area (Å²) >= 11 is 0. The molecule has 2 aromatic rings. The molecule has 0 aliphatic carbocycles. The molecule has 0 bridgehead atoms. The molecule has 0 spiro atoms. The number of ether oxygens (including phenoxy) is 2. The second kappa shape index (κ2) is 12.4. The molecule has 6 nitrogen and oxygen atoms in total. The molecular formula is C27H35N3O3. The predicted octanol–water partition coefficient (Wildman–Crippen LogP) is 4.41. The largest absolute Gasteiger partial charge is 0.497 e. The summed E-state index contributed by atoms with van der Waals surface area (Å²) in [6.07, 6.45) is 1.67. The third-order valence-corrected chi connectivity index (χ3v) is 6.44. The van der Waals surface area contributed by atoms with Crippen molar-refractivity contribution < 1.29 is 14.3 Å². The van der Waals surface area contributed by atoms with Gasteiger partial charge in [-0.05, 0) is 48.2 Å². The molecule has 0 aromatic heterocycles. The highest BCUT2D eigenvalue weighted by Gasteiger charge is 2.27. The van der Waals surface area contributed by atoms with E-state index in [4.69, 9.17) is 14.7 Å². The van der Waals surface area contributed by atoms with Crippen LogP contribution in [0, 0.1) is 17.2 Å². The van der Waals surface area contributed by atoms with Crippen LogP contribution in [-0.4, -0.2) is 55.5 Å². The normalized spacial score (nSPS) is 15.3. The Morgan fingerprint density at radius 3 is 2.36 bits per heavy atom. The molecule has 0 N–H and O–H groups in total. The molecule has 1 amide bonds. The monoisotopic (exact) mass is 449 g/mol. The minimum Gasteiger partial charge on any atom is -0.497 e. The van der Waals surface area contributed by atoms with Crippen molar-refractivity contribution in [1.29, 1.82) is 5.26 Å². The maximum absolute atomic E-state index is 12.7. The van der Waals surface area contributed by atoms with Gasteiger partial charge < -0.3 is 14.4 Å². The second-order valence-electron chi connectivity index (χ2n) is 8.52. The molecule has 1 fully saturated rings. The lowest BCUT2D eigenvalue weighted by Crippen LogP contribution is -2.51. The summed E-state index contributed by atoms with van der Waals surface area (Å²) < 4.78 is 11.8. The quantitative estimate of drug-likeness (QED) is 0.538. The molecule has 0 unspecified atom stereocenters. The molecular weight excluding hydrogens is 414 g/mol. The number of rotatable bonds is 10.